The Kier molecular flexibility index (Phi) is 6.29. The van der Waals surface area contributed by atoms with Gasteiger partial charge < -0.3 is 15.2 Å². The van der Waals surface area contributed by atoms with E-state index in [4.69, 9.17) is 9.84 Å². The average Bonchev–Trinajstić information content (AvgIpc) is 2.39. The summed E-state index contributed by atoms with van der Waals surface area (Å²) in [6.07, 6.45) is 2.81. The van der Waals surface area contributed by atoms with E-state index >= 15 is 0 Å². The Bertz CT molecular complexity index is 509. The Morgan fingerprint density at radius 1 is 1.40 bits per heavy atom. The number of carbonyl (C=O) groups is 2. The molecule has 1 rings (SSSR count). The van der Waals surface area contributed by atoms with E-state index in [1.165, 1.54) is 6.08 Å². The summed E-state index contributed by atoms with van der Waals surface area (Å²) < 4.78 is 5.61. The molecule has 20 heavy (non-hydrogen) atoms. The van der Waals surface area contributed by atoms with E-state index in [0.29, 0.717) is 17.9 Å². The molecule has 0 aliphatic heterocycles. The van der Waals surface area contributed by atoms with Gasteiger partial charge in [-0.25, -0.2) is 4.79 Å². The maximum Gasteiger partial charge on any atom is 0.328 e. The molecule has 0 bridgehead atoms. The molecule has 0 aromatic heterocycles. The molecule has 0 atom stereocenters. The van der Waals surface area contributed by atoms with Crippen molar-refractivity contribution in [3.8, 4) is 5.75 Å². The fourth-order valence-electron chi connectivity index (χ4n) is 1.70. The van der Waals surface area contributed by atoms with Gasteiger partial charge in [0.1, 0.15) is 5.75 Å². The van der Waals surface area contributed by atoms with Gasteiger partial charge in [0.2, 0.25) is 5.91 Å². The summed E-state index contributed by atoms with van der Waals surface area (Å²) in [6, 6.07) is 5.47. The third-order valence-electron chi connectivity index (χ3n) is 2.60. The number of carbonyl (C=O) groups excluding carboxylic acids is 1. The summed E-state index contributed by atoms with van der Waals surface area (Å²) in [6.45, 7) is 4.58. The molecule has 1 aromatic carbocycles. The molecule has 0 radical (unpaired) electrons. The van der Waals surface area contributed by atoms with Crippen LogP contribution in [0.1, 0.15) is 24.5 Å². The SMILES string of the molecule is CCNC(=O)CCOc1c(C)cccc1/C=C/C(=O)O. The molecular formula is C15H19NO4. The normalized spacial score (nSPS) is 10.5. The number of rotatable bonds is 7. The minimum Gasteiger partial charge on any atom is -0.492 e. The Balaban J connectivity index is 2.73. The zero-order valence-electron chi connectivity index (χ0n) is 11.7. The van der Waals surface area contributed by atoms with Crippen LogP contribution in [0, 0.1) is 6.92 Å². The van der Waals surface area contributed by atoms with Gasteiger partial charge in [0.25, 0.3) is 0 Å². The van der Waals surface area contributed by atoms with E-state index in [9.17, 15) is 9.59 Å². The lowest BCUT2D eigenvalue weighted by Gasteiger charge is -2.12. The highest BCUT2D eigenvalue weighted by atomic mass is 16.5. The highest BCUT2D eigenvalue weighted by Crippen LogP contribution is 2.24. The van der Waals surface area contributed by atoms with Crippen molar-refractivity contribution in [3.05, 3.63) is 35.4 Å². The van der Waals surface area contributed by atoms with Gasteiger partial charge in [-0.3, -0.25) is 4.79 Å². The molecule has 1 aromatic rings. The monoisotopic (exact) mass is 277 g/mol. The van der Waals surface area contributed by atoms with E-state index < -0.39 is 5.97 Å². The Morgan fingerprint density at radius 2 is 2.15 bits per heavy atom. The van der Waals surface area contributed by atoms with E-state index in [2.05, 4.69) is 5.32 Å². The topological polar surface area (TPSA) is 75.6 Å². The lowest BCUT2D eigenvalue weighted by atomic mass is 10.1. The van der Waals surface area contributed by atoms with Crippen LogP contribution in [0.5, 0.6) is 5.75 Å². The summed E-state index contributed by atoms with van der Waals surface area (Å²) in [4.78, 5) is 21.9. The van der Waals surface area contributed by atoms with Gasteiger partial charge in [-0.2, -0.15) is 0 Å². The molecule has 108 valence electrons. The van der Waals surface area contributed by atoms with Gasteiger partial charge in [0.15, 0.2) is 0 Å². The smallest absolute Gasteiger partial charge is 0.328 e. The van der Waals surface area contributed by atoms with Crippen molar-refractivity contribution in [2.24, 2.45) is 0 Å². The predicted molar refractivity (Wildman–Crippen MR) is 76.6 cm³/mol. The third kappa shape index (κ3) is 5.14. The number of aryl methyl sites for hydroxylation is 1. The van der Waals surface area contributed by atoms with Crippen LogP contribution in [-0.2, 0) is 9.59 Å². The average molecular weight is 277 g/mol. The van der Waals surface area contributed by atoms with Gasteiger partial charge in [0, 0.05) is 18.2 Å². The van der Waals surface area contributed by atoms with E-state index in [-0.39, 0.29) is 18.9 Å². The first-order valence-corrected chi connectivity index (χ1v) is 6.44. The molecule has 5 heteroatoms. The van der Waals surface area contributed by atoms with Crippen LogP contribution in [0.2, 0.25) is 0 Å². The lowest BCUT2D eigenvalue weighted by Crippen LogP contribution is -2.24. The van der Waals surface area contributed by atoms with Crippen LogP contribution in [0.15, 0.2) is 24.3 Å². The molecule has 0 saturated carbocycles. The largest absolute Gasteiger partial charge is 0.492 e. The van der Waals surface area contributed by atoms with Crippen LogP contribution < -0.4 is 10.1 Å². The first-order valence-electron chi connectivity index (χ1n) is 6.44. The number of ether oxygens (including phenoxy) is 1. The molecule has 1 amide bonds. The zero-order valence-corrected chi connectivity index (χ0v) is 11.7. The van der Waals surface area contributed by atoms with Crippen molar-refractivity contribution < 1.29 is 19.4 Å². The van der Waals surface area contributed by atoms with E-state index in [1.807, 2.05) is 26.0 Å². The highest BCUT2D eigenvalue weighted by Gasteiger charge is 2.06. The summed E-state index contributed by atoms with van der Waals surface area (Å²) in [7, 11) is 0. The third-order valence-corrected chi connectivity index (χ3v) is 2.60. The Hall–Kier alpha value is -2.30. The van der Waals surface area contributed by atoms with Crippen molar-refractivity contribution in [3.63, 3.8) is 0 Å². The van der Waals surface area contributed by atoms with Gasteiger partial charge >= 0.3 is 5.97 Å². The summed E-state index contributed by atoms with van der Waals surface area (Å²) in [5, 5.41) is 11.4. The van der Waals surface area contributed by atoms with Gasteiger partial charge in [-0.1, -0.05) is 18.2 Å². The summed E-state index contributed by atoms with van der Waals surface area (Å²) in [5.41, 5.74) is 1.58. The number of benzene rings is 1. The number of carboxylic acid groups (broad SMARTS) is 1. The second-order valence-corrected chi connectivity index (χ2v) is 4.22. The molecule has 0 spiro atoms. The molecule has 0 heterocycles. The number of para-hydroxylation sites is 1. The maximum atomic E-state index is 11.3. The number of hydrogen-bond donors (Lipinski definition) is 2. The van der Waals surface area contributed by atoms with Gasteiger partial charge in [-0.05, 0) is 25.5 Å². The molecular weight excluding hydrogens is 258 g/mol. The van der Waals surface area contributed by atoms with E-state index in [1.54, 1.807) is 6.07 Å². The Labute approximate surface area is 118 Å². The first-order chi connectivity index (χ1) is 9.54. The number of aliphatic carboxylic acids is 1. The molecule has 5 nitrogen and oxygen atoms in total. The maximum absolute atomic E-state index is 11.3. The molecule has 2 N–H and O–H groups in total. The lowest BCUT2D eigenvalue weighted by molar-refractivity contribution is -0.131. The Morgan fingerprint density at radius 3 is 2.80 bits per heavy atom. The fourth-order valence-corrected chi connectivity index (χ4v) is 1.70. The highest BCUT2D eigenvalue weighted by molar-refractivity contribution is 5.86. The van der Waals surface area contributed by atoms with Gasteiger partial charge in [-0.15, -0.1) is 0 Å². The standard InChI is InChI=1S/C15H19NO4/c1-3-16-13(17)9-10-20-15-11(2)5-4-6-12(15)7-8-14(18)19/h4-8H,3,9-10H2,1-2H3,(H,16,17)(H,18,19)/b8-7+. The van der Waals surface area contributed by atoms with E-state index in [0.717, 1.165) is 11.6 Å². The molecule has 0 saturated heterocycles. The van der Waals surface area contributed by atoms with Crippen molar-refractivity contribution in [1.82, 2.24) is 5.32 Å². The minimum atomic E-state index is -1.01. The molecule has 0 unspecified atom stereocenters. The van der Waals surface area contributed by atoms with Crippen molar-refractivity contribution >= 4 is 18.0 Å². The second-order valence-electron chi connectivity index (χ2n) is 4.22. The summed E-state index contributed by atoms with van der Waals surface area (Å²) in [5.74, 6) is -0.474. The fraction of sp³-hybridized carbons (Fsp3) is 0.333. The van der Waals surface area contributed by atoms with Crippen molar-refractivity contribution in [2.75, 3.05) is 13.2 Å². The predicted octanol–water partition coefficient (Wildman–Crippen LogP) is 2.00. The number of hydrogen-bond acceptors (Lipinski definition) is 3. The molecule has 0 aliphatic rings. The zero-order chi connectivity index (χ0) is 15.0. The second kappa shape index (κ2) is 7.99. The van der Waals surface area contributed by atoms with Crippen LogP contribution in [0.4, 0.5) is 0 Å². The minimum absolute atomic E-state index is 0.0660. The van der Waals surface area contributed by atoms with Crippen LogP contribution in [0.3, 0.4) is 0 Å². The van der Waals surface area contributed by atoms with Crippen molar-refractivity contribution in [2.45, 2.75) is 20.3 Å². The number of nitrogens with one attached hydrogen (secondary N) is 1. The molecule has 0 fully saturated rings. The summed E-state index contributed by atoms with van der Waals surface area (Å²) >= 11 is 0. The number of carboxylic acids is 1. The first kappa shape index (κ1) is 15.8. The van der Waals surface area contributed by atoms with Crippen LogP contribution >= 0.6 is 0 Å². The number of amides is 1. The van der Waals surface area contributed by atoms with Gasteiger partial charge in [0.05, 0.1) is 13.0 Å². The van der Waals surface area contributed by atoms with Crippen LogP contribution in [-0.4, -0.2) is 30.1 Å². The quantitative estimate of drug-likeness (QED) is 0.747. The van der Waals surface area contributed by atoms with Crippen LogP contribution in [0.25, 0.3) is 6.08 Å². The van der Waals surface area contributed by atoms with Crippen molar-refractivity contribution in [1.29, 1.82) is 0 Å². The molecule has 0 aliphatic carbocycles.